The molecule has 0 unspecified atom stereocenters. The molecule has 0 radical (unpaired) electrons. The second kappa shape index (κ2) is 8.62. The minimum atomic E-state index is -0.378. The van der Waals surface area contributed by atoms with E-state index < -0.39 is 0 Å². The number of rotatable bonds is 6. The number of methoxy groups -OCH3 is 2. The number of carbonyl (C=O) groups excluding carboxylic acids is 1. The smallest absolute Gasteiger partial charge is 0.291 e. The number of hydrogen-bond donors (Lipinski definition) is 1. The monoisotopic (exact) mass is 413 g/mol. The summed E-state index contributed by atoms with van der Waals surface area (Å²) in [5.41, 5.74) is 5.31. The topological polar surface area (TPSA) is 60.7 Å². The summed E-state index contributed by atoms with van der Waals surface area (Å²) in [6.45, 7) is 6.26. The first kappa shape index (κ1) is 20.8. The van der Waals surface area contributed by atoms with Gasteiger partial charge in [-0.25, -0.2) is 0 Å². The van der Waals surface area contributed by atoms with Crippen LogP contribution < -0.4 is 14.8 Å². The van der Waals surface area contributed by atoms with Gasteiger partial charge in [-0.1, -0.05) is 29.3 Å². The molecule has 3 aromatic rings. The Balaban J connectivity index is 1.80. The highest BCUT2D eigenvalue weighted by atomic mass is 35.5. The average Bonchev–Trinajstić information content (AvgIpc) is 3.14. The van der Waals surface area contributed by atoms with Gasteiger partial charge in [-0.15, -0.1) is 0 Å². The van der Waals surface area contributed by atoms with Crippen molar-refractivity contribution in [3.05, 3.63) is 75.2 Å². The largest absolute Gasteiger partial charge is 0.495 e. The van der Waals surface area contributed by atoms with Gasteiger partial charge in [0, 0.05) is 18.6 Å². The number of amides is 1. The van der Waals surface area contributed by atoms with Crippen LogP contribution >= 0.6 is 11.6 Å². The third-order valence-corrected chi connectivity index (χ3v) is 5.09. The number of nitrogens with one attached hydrogen (secondary N) is 1. The molecule has 0 saturated carbocycles. The molecule has 0 aliphatic rings. The number of carbonyl (C=O) groups is 1. The van der Waals surface area contributed by atoms with Crippen LogP contribution in [0.25, 0.3) is 0 Å². The normalized spacial score (nSPS) is 10.7. The first-order valence-electron chi connectivity index (χ1n) is 9.20. The van der Waals surface area contributed by atoms with E-state index in [-0.39, 0.29) is 11.7 Å². The van der Waals surface area contributed by atoms with Crippen LogP contribution in [-0.2, 0) is 6.42 Å². The van der Waals surface area contributed by atoms with Gasteiger partial charge in [0.1, 0.15) is 17.3 Å². The highest BCUT2D eigenvalue weighted by molar-refractivity contribution is 6.32. The minimum absolute atomic E-state index is 0.221. The average molecular weight is 414 g/mol. The molecule has 0 bridgehead atoms. The Hall–Kier alpha value is -2.92. The van der Waals surface area contributed by atoms with E-state index in [4.69, 9.17) is 25.5 Å². The minimum Gasteiger partial charge on any atom is -0.495 e. The van der Waals surface area contributed by atoms with Crippen LogP contribution in [0.2, 0.25) is 5.02 Å². The summed E-state index contributed by atoms with van der Waals surface area (Å²) in [6, 6.07) is 11.0. The van der Waals surface area contributed by atoms with E-state index in [1.54, 1.807) is 18.2 Å². The maximum absolute atomic E-state index is 12.7. The maximum atomic E-state index is 12.7. The molecule has 29 heavy (non-hydrogen) atoms. The number of benzene rings is 2. The molecular formula is C23H24ClNO4. The Kier molecular flexibility index (Phi) is 6.18. The first-order chi connectivity index (χ1) is 13.8. The van der Waals surface area contributed by atoms with E-state index in [1.807, 2.05) is 6.07 Å². The summed E-state index contributed by atoms with van der Waals surface area (Å²) in [5.74, 6) is 1.44. The van der Waals surface area contributed by atoms with E-state index in [0.717, 1.165) is 5.76 Å². The van der Waals surface area contributed by atoms with Crippen molar-refractivity contribution in [2.75, 3.05) is 19.5 Å². The van der Waals surface area contributed by atoms with Crippen LogP contribution in [0.3, 0.4) is 0 Å². The van der Waals surface area contributed by atoms with Gasteiger partial charge in [0.2, 0.25) is 0 Å². The van der Waals surface area contributed by atoms with Gasteiger partial charge in [0.05, 0.1) is 24.9 Å². The molecule has 1 heterocycles. The molecule has 3 rings (SSSR count). The number of furan rings is 1. The third kappa shape index (κ3) is 4.57. The van der Waals surface area contributed by atoms with Gasteiger partial charge >= 0.3 is 0 Å². The van der Waals surface area contributed by atoms with Crippen molar-refractivity contribution >= 4 is 23.2 Å². The fourth-order valence-corrected chi connectivity index (χ4v) is 3.63. The molecule has 0 aliphatic carbocycles. The van der Waals surface area contributed by atoms with Crippen LogP contribution in [0.1, 0.15) is 38.6 Å². The lowest BCUT2D eigenvalue weighted by atomic mass is 9.97. The molecule has 0 saturated heterocycles. The highest BCUT2D eigenvalue weighted by Gasteiger charge is 2.17. The van der Waals surface area contributed by atoms with Crippen molar-refractivity contribution in [2.24, 2.45) is 0 Å². The Morgan fingerprint density at radius 3 is 2.28 bits per heavy atom. The molecule has 5 nitrogen and oxygen atoms in total. The fourth-order valence-electron chi connectivity index (χ4n) is 3.40. The number of hydrogen-bond acceptors (Lipinski definition) is 4. The first-order valence-corrected chi connectivity index (χ1v) is 9.58. The summed E-state index contributed by atoms with van der Waals surface area (Å²) < 4.78 is 16.3. The van der Waals surface area contributed by atoms with Gasteiger partial charge in [-0.05, 0) is 49.6 Å². The third-order valence-electron chi connectivity index (χ3n) is 4.80. The molecule has 6 heteroatoms. The van der Waals surface area contributed by atoms with E-state index in [1.165, 1.54) is 36.5 Å². The summed E-state index contributed by atoms with van der Waals surface area (Å²) in [4.78, 5) is 12.7. The molecule has 0 fully saturated rings. The quantitative estimate of drug-likeness (QED) is 0.561. The van der Waals surface area contributed by atoms with E-state index in [9.17, 15) is 4.79 Å². The van der Waals surface area contributed by atoms with Crippen molar-refractivity contribution in [3.63, 3.8) is 0 Å². The molecule has 1 amide bonds. The Labute approximate surface area is 175 Å². The standard InChI is InChI=1S/C23H24ClNO4/c1-13-8-14(2)17(15(3)9-13)10-16-6-7-20(29-16)23(26)25-19-12-21(27-4)18(24)11-22(19)28-5/h6-9,11-12H,10H2,1-5H3,(H,25,26). The Morgan fingerprint density at radius 2 is 1.66 bits per heavy atom. The Bertz CT molecular complexity index is 1030. The SMILES string of the molecule is COc1cc(NC(=O)c2ccc(Cc3c(C)cc(C)cc3C)o2)c(OC)cc1Cl. The van der Waals surface area contributed by atoms with Gasteiger partial charge in [-0.3, -0.25) is 4.79 Å². The zero-order valence-corrected chi connectivity index (χ0v) is 17.9. The van der Waals surface area contributed by atoms with Crippen molar-refractivity contribution in [1.29, 1.82) is 0 Å². The van der Waals surface area contributed by atoms with Gasteiger partial charge in [-0.2, -0.15) is 0 Å². The van der Waals surface area contributed by atoms with Crippen LogP contribution in [0.5, 0.6) is 11.5 Å². The fraction of sp³-hybridized carbons (Fsp3) is 0.261. The van der Waals surface area contributed by atoms with Gasteiger partial charge in [0.25, 0.3) is 5.91 Å². The van der Waals surface area contributed by atoms with Gasteiger partial charge < -0.3 is 19.2 Å². The number of halogens is 1. The number of aryl methyl sites for hydroxylation is 3. The molecule has 2 aromatic carbocycles. The van der Waals surface area contributed by atoms with Crippen LogP contribution in [0, 0.1) is 20.8 Å². The number of anilines is 1. The molecular weight excluding hydrogens is 390 g/mol. The number of ether oxygens (including phenoxy) is 2. The van der Waals surface area contributed by atoms with Crippen molar-refractivity contribution in [1.82, 2.24) is 0 Å². The van der Waals surface area contributed by atoms with Gasteiger partial charge in [0.15, 0.2) is 5.76 Å². The molecule has 152 valence electrons. The molecule has 0 aliphatic heterocycles. The molecule has 1 aromatic heterocycles. The highest BCUT2D eigenvalue weighted by Crippen LogP contribution is 2.36. The second-order valence-electron chi connectivity index (χ2n) is 6.96. The van der Waals surface area contributed by atoms with Crippen LogP contribution in [0.4, 0.5) is 5.69 Å². The van der Waals surface area contributed by atoms with Crippen molar-refractivity contribution in [2.45, 2.75) is 27.2 Å². The molecule has 1 N–H and O–H groups in total. The summed E-state index contributed by atoms with van der Waals surface area (Å²) >= 11 is 6.11. The van der Waals surface area contributed by atoms with Crippen LogP contribution in [0.15, 0.2) is 40.8 Å². The van der Waals surface area contributed by atoms with Crippen LogP contribution in [-0.4, -0.2) is 20.1 Å². The predicted octanol–water partition coefficient (Wildman–Crippen LogP) is 5.72. The lowest BCUT2D eigenvalue weighted by Gasteiger charge is -2.12. The van der Waals surface area contributed by atoms with Crippen molar-refractivity contribution < 1.29 is 18.7 Å². The summed E-state index contributed by atoms with van der Waals surface area (Å²) in [5, 5.41) is 3.19. The summed E-state index contributed by atoms with van der Waals surface area (Å²) in [7, 11) is 3.01. The molecule has 0 atom stereocenters. The van der Waals surface area contributed by atoms with E-state index in [2.05, 4.69) is 38.2 Å². The van der Waals surface area contributed by atoms with Crippen molar-refractivity contribution in [3.8, 4) is 11.5 Å². The van der Waals surface area contributed by atoms with E-state index >= 15 is 0 Å². The predicted molar refractivity (Wildman–Crippen MR) is 115 cm³/mol. The van der Waals surface area contributed by atoms with E-state index in [0.29, 0.717) is 28.6 Å². The Morgan fingerprint density at radius 1 is 1.00 bits per heavy atom. The lowest BCUT2D eigenvalue weighted by molar-refractivity contribution is 0.0994. The zero-order chi connectivity index (χ0) is 21.1. The second-order valence-corrected chi connectivity index (χ2v) is 7.37. The lowest BCUT2D eigenvalue weighted by Crippen LogP contribution is -2.12. The zero-order valence-electron chi connectivity index (χ0n) is 17.2. The maximum Gasteiger partial charge on any atom is 0.291 e. The molecule has 0 spiro atoms. The summed E-state index contributed by atoms with van der Waals surface area (Å²) in [6.07, 6.45) is 0.628.